The first kappa shape index (κ1) is 11.0. The SMILES string of the molecule is CC(CC(=O)O)CC(=O)NCC1CC1. The molecule has 80 valence electrons. The standard InChI is InChI=1S/C10H17NO3/c1-7(5-10(13)14)4-9(12)11-6-8-2-3-8/h7-8H,2-6H2,1H3,(H,11,12)(H,13,14). The van der Waals surface area contributed by atoms with Crippen LogP contribution in [0, 0.1) is 11.8 Å². The first-order valence-electron chi connectivity index (χ1n) is 5.06. The third kappa shape index (κ3) is 4.84. The Morgan fingerprint density at radius 3 is 2.57 bits per heavy atom. The van der Waals surface area contributed by atoms with E-state index in [0.29, 0.717) is 12.3 Å². The van der Waals surface area contributed by atoms with Gasteiger partial charge in [-0.3, -0.25) is 9.59 Å². The number of carbonyl (C=O) groups is 2. The van der Waals surface area contributed by atoms with Gasteiger partial charge >= 0.3 is 5.97 Å². The molecule has 1 atom stereocenters. The van der Waals surface area contributed by atoms with Gasteiger partial charge in [0.2, 0.25) is 5.91 Å². The van der Waals surface area contributed by atoms with Crippen molar-refractivity contribution in [1.29, 1.82) is 0 Å². The van der Waals surface area contributed by atoms with Crippen LogP contribution in [0.3, 0.4) is 0 Å². The van der Waals surface area contributed by atoms with Gasteiger partial charge in [0.25, 0.3) is 0 Å². The number of carboxylic acid groups (broad SMARTS) is 1. The third-order valence-corrected chi connectivity index (χ3v) is 2.34. The van der Waals surface area contributed by atoms with Crippen molar-refractivity contribution >= 4 is 11.9 Å². The molecule has 1 unspecified atom stereocenters. The molecule has 0 spiro atoms. The highest BCUT2D eigenvalue weighted by molar-refractivity contribution is 5.77. The van der Waals surface area contributed by atoms with E-state index in [-0.39, 0.29) is 18.2 Å². The Bertz CT molecular complexity index is 223. The molecule has 4 heteroatoms. The number of aliphatic carboxylic acids is 1. The fourth-order valence-electron chi connectivity index (χ4n) is 1.34. The molecule has 1 amide bonds. The number of nitrogens with one attached hydrogen (secondary N) is 1. The average Bonchev–Trinajstić information content (AvgIpc) is 2.81. The van der Waals surface area contributed by atoms with Crippen molar-refractivity contribution in [2.24, 2.45) is 11.8 Å². The predicted octanol–water partition coefficient (Wildman–Crippen LogP) is 1.01. The highest BCUT2D eigenvalue weighted by Crippen LogP contribution is 2.27. The summed E-state index contributed by atoms with van der Waals surface area (Å²) < 4.78 is 0. The monoisotopic (exact) mass is 199 g/mol. The molecule has 4 nitrogen and oxygen atoms in total. The Balaban J connectivity index is 2.08. The Morgan fingerprint density at radius 1 is 1.43 bits per heavy atom. The van der Waals surface area contributed by atoms with E-state index in [4.69, 9.17) is 5.11 Å². The van der Waals surface area contributed by atoms with Gasteiger partial charge in [0.1, 0.15) is 0 Å². The van der Waals surface area contributed by atoms with Crippen LogP contribution >= 0.6 is 0 Å². The van der Waals surface area contributed by atoms with Crippen molar-refractivity contribution in [3.63, 3.8) is 0 Å². The molecule has 0 aliphatic heterocycles. The largest absolute Gasteiger partial charge is 0.481 e. The van der Waals surface area contributed by atoms with Crippen LogP contribution in [0.15, 0.2) is 0 Å². The zero-order valence-corrected chi connectivity index (χ0v) is 8.45. The van der Waals surface area contributed by atoms with Gasteiger partial charge in [-0.1, -0.05) is 6.92 Å². The summed E-state index contributed by atoms with van der Waals surface area (Å²) in [7, 11) is 0. The average molecular weight is 199 g/mol. The summed E-state index contributed by atoms with van der Waals surface area (Å²) in [6.45, 7) is 2.55. The van der Waals surface area contributed by atoms with Gasteiger partial charge in [-0.2, -0.15) is 0 Å². The topological polar surface area (TPSA) is 66.4 Å². The van der Waals surface area contributed by atoms with E-state index in [1.54, 1.807) is 6.92 Å². The number of carboxylic acids is 1. The second-order valence-corrected chi connectivity index (χ2v) is 4.15. The van der Waals surface area contributed by atoms with Crippen LogP contribution in [0.4, 0.5) is 0 Å². The summed E-state index contributed by atoms with van der Waals surface area (Å²) in [4.78, 5) is 21.6. The van der Waals surface area contributed by atoms with Crippen molar-refractivity contribution in [1.82, 2.24) is 5.32 Å². The van der Waals surface area contributed by atoms with Crippen LogP contribution in [0.1, 0.15) is 32.6 Å². The third-order valence-electron chi connectivity index (χ3n) is 2.34. The minimum atomic E-state index is -0.840. The summed E-state index contributed by atoms with van der Waals surface area (Å²) in [6.07, 6.45) is 2.81. The summed E-state index contributed by atoms with van der Waals surface area (Å²) in [6, 6.07) is 0. The molecule has 0 aromatic rings. The Hall–Kier alpha value is -1.06. The van der Waals surface area contributed by atoms with Crippen molar-refractivity contribution in [3.8, 4) is 0 Å². The van der Waals surface area contributed by atoms with Gasteiger partial charge in [0.15, 0.2) is 0 Å². The van der Waals surface area contributed by atoms with Gasteiger partial charge in [-0.05, 0) is 24.7 Å². The molecule has 0 heterocycles. The van der Waals surface area contributed by atoms with Crippen LogP contribution in [0.25, 0.3) is 0 Å². The maximum absolute atomic E-state index is 11.3. The second-order valence-electron chi connectivity index (χ2n) is 4.15. The molecule has 1 aliphatic rings. The second kappa shape index (κ2) is 4.98. The van der Waals surface area contributed by atoms with Gasteiger partial charge in [-0.15, -0.1) is 0 Å². The van der Waals surface area contributed by atoms with Gasteiger partial charge in [-0.25, -0.2) is 0 Å². The lowest BCUT2D eigenvalue weighted by Crippen LogP contribution is -2.27. The highest BCUT2D eigenvalue weighted by atomic mass is 16.4. The van der Waals surface area contributed by atoms with Crippen LogP contribution in [-0.4, -0.2) is 23.5 Å². The summed E-state index contributed by atoms with van der Waals surface area (Å²) in [5.41, 5.74) is 0. The molecule has 0 saturated heterocycles. The van der Waals surface area contributed by atoms with Crippen molar-refractivity contribution in [2.45, 2.75) is 32.6 Å². The number of rotatable bonds is 6. The molecule has 1 saturated carbocycles. The predicted molar refractivity (Wildman–Crippen MR) is 51.8 cm³/mol. The molecule has 1 aliphatic carbocycles. The van der Waals surface area contributed by atoms with Crippen molar-refractivity contribution in [2.75, 3.05) is 6.54 Å². The maximum Gasteiger partial charge on any atom is 0.303 e. The molecule has 1 fully saturated rings. The highest BCUT2D eigenvalue weighted by Gasteiger charge is 2.22. The lowest BCUT2D eigenvalue weighted by molar-refractivity contribution is -0.138. The minimum absolute atomic E-state index is 0.0225. The Morgan fingerprint density at radius 2 is 2.07 bits per heavy atom. The Kier molecular flexibility index (Phi) is 3.92. The molecular formula is C10H17NO3. The molecule has 0 aromatic heterocycles. The van der Waals surface area contributed by atoms with Crippen LogP contribution < -0.4 is 5.32 Å². The van der Waals surface area contributed by atoms with Gasteiger partial charge in [0.05, 0.1) is 0 Å². The molecule has 2 N–H and O–H groups in total. The van der Waals surface area contributed by atoms with E-state index in [0.717, 1.165) is 6.54 Å². The maximum atomic E-state index is 11.3. The first-order valence-corrected chi connectivity index (χ1v) is 5.06. The van der Waals surface area contributed by atoms with Crippen molar-refractivity contribution < 1.29 is 14.7 Å². The molecule has 0 aromatic carbocycles. The van der Waals surface area contributed by atoms with E-state index in [9.17, 15) is 9.59 Å². The van der Waals surface area contributed by atoms with E-state index < -0.39 is 5.97 Å². The first-order chi connectivity index (χ1) is 6.58. The molecule has 14 heavy (non-hydrogen) atoms. The molecular weight excluding hydrogens is 182 g/mol. The number of carbonyl (C=O) groups excluding carboxylic acids is 1. The molecule has 0 bridgehead atoms. The van der Waals surface area contributed by atoms with Crippen molar-refractivity contribution in [3.05, 3.63) is 0 Å². The number of amides is 1. The van der Waals surface area contributed by atoms with E-state index in [2.05, 4.69) is 5.32 Å². The fraction of sp³-hybridized carbons (Fsp3) is 0.800. The zero-order valence-electron chi connectivity index (χ0n) is 8.45. The molecule has 1 rings (SSSR count). The van der Waals surface area contributed by atoms with Gasteiger partial charge in [0, 0.05) is 19.4 Å². The van der Waals surface area contributed by atoms with Crippen LogP contribution in [0.2, 0.25) is 0 Å². The smallest absolute Gasteiger partial charge is 0.303 e. The Labute approximate surface area is 83.7 Å². The number of hydrogen-bond donors (Lipinski definition) is 2. The minimum Gasteiger partial charge on any atom is -0.481 e. The van der Waals surface area contributed by atoms with Gasteiger partial charge < -0.3 is 10.4 Å². The summed E-state index contributed by atoms with van der Waals surface area (Å²) in [5, 5.41) is 11.3. The normalized spacial score (nSPS) is 17.5. The summed E-state index contributed by atoms with van der Waals surface area (Å²) >= 11 is 0. The van der Waals surface area contributed by atoms with Crippen LogP contribution in [-0.2, 0) is 9.59 Å². The van der Waals surface area contributed by atoms with E-state index >= 15 is 0 Å². The summed E-state index contributed by atoms with van der Waals surface area (Å²) in [5.74, 6) is -0.265. The van der Waals surface area contributed by atoms with Crippen LogP contribution in [0.5, 0.6) is 0 Å². The zero-order chi connectivity index (χ0) is 10.6. The van der Waals surface area contributed by atoms with E-state index in [1.165, 1.54) is 12.8 Å². The quantitative estimate of drug-likeness (QED) is 0.671. The number of hydrogen-bond acceptors (Lipinski definition) is 2. The lowest BCUT2D eigenvalue weighted by atomic mass is 10.0. The van der Waals surface area contributed by atoms with E-state index in [1.807, 2.05) is 0 Å². The molecule has 0 radical (unpaired) electrons. The fourth-order valence-corrected chi connectivity index (χ4v) is 1.34. The lowest BCUT2D eigenvalue weighted by Gasteiger charge is -2.08.